The van der Waals surface area contributed by atoms with Gasteiger partial charge in [0.1, 0.15) is 6.23 Å². The summed E-state index contributed by atoms with van der Waals surface area (Å²) in [7, 11) is 1.77. The fourth-order valence-corrected chi connectivity index (χ4v) is 1.98. The lowest BCUT2D eigenvalue weighted by Gasteiger charge is -2.24. The monoisotopic (exact) mass is 221 g/mol. The van der Waals surface area contributed by atoms with Crippen LogP contribution in [0.3, 0.4) is 0 Å². The molecule has 0 saturated carbocycles. The van der Waals surface area contributed by atoms with Crippen LogP contribution in [0.1, 0.15) is 49.3 Å². The summed E-state index contributed by atoms with van der Waals surface area (Å²) in [6.45, 7) is 10.7. The van der Waals surface area contributed by atoms with Gasteiger partial charge in [0, 0.05) is 5.56 Å². The fraction of sp³-hybridized carbons (Fsp3) is 0.571. The maximum atomic E-state index is 9.87. The van der Waals surface area contributed by atoms with Gasteiger partial charge in [-0.1, -0.05) is 32.9 Å². The van der Waals surface area contributed by atoms with Gasteiger partial charge in [-0.15, -0.1) is 0 Å². The largest absolute Gasteiger partial charge is 0.374 e. The zero-order chi connectivity index (χ0) is 12.5. The third kappa shape index (κ3) is 2.63. The van der Waals surface area contributed by atoms with Gasteiger partial charge in [0.05, 0.1) is 0 Å². The van der Waals surface area contributed by atoms with E-state index in [4.69, 9.17) is 0 Å². The van der Waals surface area contributed by atoms with Crippen LogP contribution < -0.4 is 5.32 Å². The van der Waals surface area contributed by atoms with Crippen molar-refractivity contribution in [1.29, 1.82) is 0 Å². The summed E-state index contributed by atoms with van der Waals surface area (Å²) in [5.41, 5.74) is 4.75. The Morgan fingerprint density at radius 1 is 1.12 bits per heavy atom. The number of hydrogen-bond acceptors (Lipinski definition) is 2. The molecule has 0 bridgehead atoms. The molecule has 0 amide bonds. The third-order valence-electron chi connectivity index (χ3n) is 3.01. The number of nitrogens with one attached hydrogen (secondary N) is 1. The second-order valence-electron chi connectivity index (χ2n) is 5.46. The highest BCUT2D eigenvalue weighted by atomic mass is 16.3. The third-order valence-corrected chi connectivity index (χ3v) is 3.01. The van der Waals surface area contributed by atoms with Gasteiger partial charge in [-0.25, -0.2) is 0 Å². The lowest BCUT2D eigenvalue weighted by atomic mass is 9.83. The van der Waals surface area contributed by atoms with E-state index in [1.165, 1.54) is 5.56 Å². The molecule has 0 aliphatic heterocycles. The first-order chi connectivity index (χ1) is 7.27. The number of benzene rings is 1. The molecule has 2 heteroatoms. The second-order valence-corrected chi connectivity index (χ2v) is 5.46. The average molecular weight is 221 g/mol. The van der Waals surface area contributed by atoms with E-state index in [-0.39, 0.29) is 5.41 Å². The summed E-state index contributed by atoms with van der Waals surface area (Å²) in [6, 6.07) is 4.34. The van der Waals surface area contributed by atoms with Crippen LogP contribution in [-0.4, -0.2) is 12.2 Å². The second kappa shape index (κ2) is 4.56. The summed E-state index contributed by atoms with van der Waals surface area (Å²) in [6.07, 6.45) is -0.575. The highest BCUT2D eigenvalue weighted by molar-refractivity contribution is 5.41. The van der Waals surface area contributed by atoms with E-state index in [1.54, 1.807) is 7.05 Å². The minimum atomic E-state index is -0.575. The first-order valence-corrected chi connectivity index (χ1v) is 5.74. The molecule has 0 saturated heterocycles. The Labute approximate surface area is 98.7 Å². The molecule has 1 atom stereocenters. The quantitative estimate of drug-likeness (QED) is 0.753. The zero-order valence-corrected chi connectivity index (χ0v) is 11.2. The molecule has 0 aliphatic rings. The Morgan fingerprint density at radius 3 is 1.88 bits per heavy atom. The predicted molar refractivity (Wildman–Crippen MR) is 68.6 cm³/mol. The molecule has 1 aromatic carbocycles. The lowest BCUT2D eigenvalue weighted by Crippen LogP contribution is -2.19. The zero-order valence-electron chi connectivity index (χ0n) is 11.2. The Bertz CT molecular complexity index is 354. The van der Waals surface area contributed by atoms with Gasteiger partial charge < -0.3 is 5.11 Å². The maximum absolute atomic E-state index is 9.87. The Morgan fingerprint density at radius 2 is 1.56 bits per heavy atom. The summed E-state index contributed by atoms with van der Waals surface area (Å²) in [5, 5.41) is 12.8. The Hall–Kier alpha value is -0.860. The minimum absolute atomic E-state index is 0.151. The number of rotatable bonds is 2. The van der Waals surface area contributed by atoms with Gasteiger partial charge in [0.15, 0.2) is 0 Å². The van der Waals surface area contributed by atoms with E-state index >= 15 is 0 Å². The SMILES string of the molecule is CNC(O)c1c(C)cc(C(C)(C)C)cc1C. The van der Waals surface area contributed by atoms with Crippen LogP contribution >= 0.6 is 0 Å². The molecular formula is C14H23NO. The van der Waals surface area contributed by atoms with Gasteiger partial charge in [-0.2, -0.15) is 0 Å². The van der Waals surface area contributed by atoms with Crippen molar-refractivity contribution in [3.05, 3.63) is 34.4 Å². The van der Waals surface area contributed by atoms with Crippen LogP contribution in [0.5, 0.6) is 0 Å². The Balaban J connectivity index is 3.28. The number of aliphatic hydroxyl groups excluding tert-OH is 1. The van der Waals surface area contributed by atoms with E-state index in [1.807, 2.05) is 0 Å². The van der Waals surface area contributed by atoms with E-state index < -0.39 is 6.23 Å². The van der Waals surface area contributed by atoms with Crippen molar-refractivity contribution in [2.75, 3.05) is 7.05 Å². The smallest absolute Gasteiger partial charge is 0.131 e. The highest BCUT2D eigenvalue weighted by Gasteiger charge is 2.18. The molecule has 0 fully saturated rings. The maximum Gasteiger partial charge on any atom is 0.131 e. The Kier molecular flexibility index (Phi) is 3.76. The highest BCUT2D eigenvalue weighted by Crippen LogP contribution is 2.28. The van der Waals surface area contributed by atoms with Crippen molar-refractivity contribution >= 4 is 0 Å². The van der Waals surface area contributed by atoms with E-state index in [2.05, 4.69) is 52.1 Å². The molecular weight excluding hydrogens is 198 g/mol. The van der Waals surface area contributed by atoms with Crippen molar-refractivity contribution in [2.45, 2.75) is 46.3 Å². The van der Waals surface area contributed by atoms with Crippen LogP contribution in [0.2, 0.25) is 0 Å². The van der Waals surface area contributed by atoms with Crippen molar-refractivity contribution < 1.29 is 5.11 Å². The first-order valence-electron chi connectivity index (χ1n) is 5.74. The van der Waals surface area contributed by atoms with Crippen molar-refractivity contribution in [2.24, 2.45) is 0 Å². The minimum Gasteiger partial charge on any atom is -0.374 e. The molecule has 2 N–H and O–H groups in total. The molecule has 2 nitrogen and oxygen atoms in total. The first kappa shape index (κ1) is 13.2. The van der Waals surface area contributed by atoms with E-state index in [0.29, 0.717) is 0 Å². The summed E-state index contributed by atoms with van der Waals surface area (Å²) in [5.74, 6) is 0. The van der Waals surface area contributed by atoms with Crippen molar-refractivity contribution in [3.8, 4) is 0 Å². The molecule has 1 rings (SSSR count). The molecule has 0 spiro atoms. The summed E-state index contributed by atoms with van der Waals surface area (Å²) < 4.78 is 0. The predicted octanol–water partition coefficient (Wildman–Crippen LogP) is 2.81. The molecule has 1 unspecified atom stereocenters. The molecule has 0 aromatic heterocycles. The van der Waals surface area contributed by atoms with Gasteiger partial charge in [0.2, 0.25) is 0 Å². The molecule has 0 heterocycles. The van der Waals surface area contributed by atoms with Crippen LogP contribution in [0.25, 0.3) is 0 Å². The fourth-order valence-electron chi connectivity index (χ4n) is 1.98. The average Bonchev–Trinajstić information content (AvgIpc) is 2.14. The van der Waals surface area contributed by atoms with Gasteiger partial charge in [-0.05, 0) is 43.0 Å². The summed E-state index contributed by atoms with van der Waals surface area (Å²) >= 11 is 0. The topological polar surface area (TPSA) is 32.3 Å². The van der Waals surface area contributed by atoms with Crippen molar-refractivity contribution in [1.82, 2.24) is 5.32 Å². The van der Waals surface area contributed by atoms with Gasteiger partial charge in [-0.3, -0.25) is 5.32 Å². The van der Waals surface area contributed by atoms with Crippen molar-refractivity contribution in [3.63, 3.8) is 0 Å². The van der Waals surface area contributed by atoms with E-state index in [9.17, 15) is 5.11 Å². The molecule has 1 aromatic rings. The van der Waals surface area contributed by atoms with Crippen LogP contribution in [0.15, 0.2) is 12.1 Å². The number of aliphatic hydroxyl groups is 1. The molecule has 0 radical (unpaired) electrons. The van der Waals surface area contributed by atoms with Gasteiger partial charge >= 0.3 is 0 Å². The molecule has 90 valence electrons. The van der Waals surface area contributed by atoms with Crippen LogP contribution in [-0.2, 0) is 5.41 Å². The normalized spacial score (nSPS) is 13.9. The number of hydrogen-bond donors (Lipinski definition) is 2. The van der Waals surface area contributed by atoms with E-state index in [0.717, 1.165) is 16.7 Å². The number of aryl methyl sites for hydroxylation is 2. The van der Waals surface area contributed by atoms with Gasteiger partial charge in [0.25, 0.3) is 0 Å². The standard InChI is InChI=1S/C14H23NO/c1-9-7-11(14(3,4)5)8-10(2)12(9)13(16)15-6/h7-8,13,15-16H,1-6H3. The lowest BCUT2D eigenvalue weighted by molar-refractivity contribution is 0.148. The molecule has 0 aliphatic carbocycles. The summed E-state index contributed by atoms with van der Waals surface area (Å²) in [4.78, 5) is 0. The van der Waals surface area contributed by atoms with Crippen LogP contribution in [0, 0.1) is 13.8 Å². The van der Waals surface area contributed by atoms with Crippen LogP contribution in [0.4, 0.5) is 0 Å². The molecule has 16 heavy (non-hydrogen) atoms.